The highest BCUT2D eigenvalue weighted by Crippen LogP contribution is 2.36. The van der Waals surface area contributed by atoms with Crippen LogP contribution in [-0.2, 0) is 11.3 Å². The van der Waals surface area contributed by atoms with Crippen LogP contribution in [0.15, 0.2) is 36.5 Å². The Bertz CT molecular complexity index is 756. The quantitative estimate of drug-likeness (QED) is 0.926. The first-order valence-electron chi connectivity index (χ1n) is 8.78. The number of ether oxygens (including phenoxy) is 1. The zero-order valence-corrected chi connectivity index (χ0v) is 14.4. The van der Waals surface area contributed by atoms with Crippen LogP contribution in [0.4, 0.5) is 10.2 Å². The van der Waals surface area contributed by atoms with E-state index in [-0.39, 0.29) is 17.5 Å². The second kappa shape index (κ2) is 6.69. The van der Waals surface area contributed by atoms with Gasteiger partial charge in [-0.3, -0.25) is 9.88 Å². The predicted molar refractivity (Wildman–Crippen MR) is 93.8 cm³/mol. The van der Waals surface area contributed by atoms with Gasteiger partial charge in [0.15, 0.2) is 11.6 Å². The SMILES string of the molecule is Cc1cccc(CN2CCC3(CC(Nc4ncccc4F)CO3)C2)n1. The van der Waals surface area contributed by atoms with Crippen molar-refractivity contribution < 1.29 is 9.13 Å². The summed E-state index contributed by atoms with van der Waals surface area (Å²) in [6, 6.07) is 9.26. The summed E-state index contributed by atoms with van der Waals surface area (Å²) >= 11 is 0. The van der Waals surface area contributed by atoms with Gasteiger partial charge >= 0.3 is 0 Å². The molecule has 0 aliphatic carbocycles. The summed E-state index contributed by atoms with van der Waals surface area (Å²) in [5.41, 5.74) is 2.01. The van der Waals surface area contributed by atoms with E-state index in [0.717, 1.165) is 43.9 Å². The topological polar surface area (TPSA) is 50.3 Å². The minimum Gasteiger partial charge on any atom is -0.371 e. The zero-order chi connectivity index (χ0) is 17.3. The number of rotatable bonds is 4. The van der Waals surface area contributed by atoms with Crippen molar-refractivity contribution in [2.45, 2.75) is 38.0 Å². The van der Waals surface area contributed by atoms with Gasteiger partial charge in [0.2, 0.25) is 0 Å². The van der Waals surface area contributed by atoms with Crippen molar-refractivity contribution in [3.05, 3.63) is 53.7 Å². The maximum absolute atomic E-state index is 13.8. The average molecular weight is 342 g/mol. The Morgan fingerprint density at radius 1 is 1.36 bits per heavy atom. The molecule has 0 aromatic carbocycles. The third-order valence-electron chi connectivity index (χ3n) is 5.04. The molecule has 2 aliphatic rings. The summed E-state index contributed by atoms with van der Waals surface area (Å²) < 4.78 is 19.9. The number of pyridine rings is 2. The van der Waals surface area contributed by atoms with Gasteiger partial charge in [0.05, 0.1) is 23.9 Å². The molecule has 5 nitrogen and oxygen atoms in total. The number of halogens is 1. The Morgan fingerprint density at radius 2 is 2.28 bits per heavy atom. The molecular formula is C19H23FN4O. The van der Waals surface area contributed by atoms with Gasteiger partial charge in [-0.2, -0.15) is 0 Å². The number of aryl methyl sites for hydroxylation is 1. The van der Waals surface area contributed by atoms with Crippen molar-refractivity contribution in [2.75, 3.05) is 25.0 Å². The highest BCUT2D eigenvalue weighted by atomic mass is 19.1. The minimum atomic E-state index is -0.318. The third kappa shape index (κ3) is 3.65. The molecule has 2 aromatic heterocycles. The summed E-state index contributed by atoms with van der Waals surface area (Å²) in [5.74, 6) is -0.00557. The molecule has 0 saturated carbocycles. The number of nitrogens with one attached hydrogen (secondary N) is 1. The van der Waals surface area contributed by atoms with Crippen molar-refractivity contribution in [2.24, 2.45) is 0 Å². The maximum atomic E-state index is 13.8. The van der Waals surface area contributed by atoms with E-state index in [1.54, 1.807) is 12.3 Å². The van der Waals surface area contributed by atoms with E-state index in [1.165, 1.54) is 6.07 Å². The van der Waals surface area contributed by atoms with Gasteiger partial charge in [-0.25, -0.2) is 9.37 Å². The van der Waals surface area contributed by atoms with Crippen LogP contribution < -0.4 is 5.32 Å². The number of aromatic nitrogens is 2. The van der Waals surface area contributed by atoms with Crippen molar-refractivity contribution >= 4 is 5.82 Å². The molecule has 4 heterocycles. The first kappa shape index (κ1) is 16.4. The summed E-state index contributed by atoms with van der Waals surface area (Å²) in [6.07, 6.45) is 3.48. The second-order valence-electron chi connectivity index (χ2n) is 7.10. The molecule has 2 aromatic rings. The second-order valence-corrected chi connectivity index (χ2v) is 7.10. The molecule has 132 valence electrons. The molecule has 2 aliphatic heterocycles. The van der Waals surface area contributed by atoms with Crippen molar-refractivity contribution in [1.29, 1.82) is 0 Å². The van der Waals surface area contributed by atoms with Crippen molar-refractivity contribution in [3.8, 4) is 0 Å². The van der Waals surface area contributed by atoms with Gasteiger partial charge in [0, 0.05) is 37.9 Å². The lowest BCUT2D eigenvalue weighted by Gasteiger charge is -2.23. The number of nitrogens with zero attached hydrogens (tertiary/aromatic N) is 3. The zero-order valence-electron chi connectivity index (χ0n) is 14.4. The van der Waals surface area contributed by atoms with Gasteiger partial charge < -0.3 is 10.1 Å². The van der Waals surface area contributed by atoms with Crippen LogP contribution in [-0.4, -0.2) is 46.2 Å². The molecule has 4 rings (SSSR count). The van der Waals surface area contributed by atoms with E-state index in [2.05, 4.69) is 32.3 Å². The molecule has 2 saturated heterocycles. The Kier molecular flexibility index (Phi) is 4.39. The Hall–Kier alpha value is -2.05. The van der Waals surface area contributed by atoms with Gasteiger partial charge in [-0.05, 0) is 37.6 Å². The molecule has 25 heavy (non-hydrogen) atoms. The van der Waals surface area contributed by atoms with Crippen LogP contribution in [0, 0.1) is 12.7 Å². The predicted octanol–water partition coefficient (Wildman–Crippen LogP) is 2.77. The van der Waals surface area contributed by atoms with Crippen LogP contribution in [0.25, 0.3) is 0 Å². The molecule has 2 unspecified atom stereocenters. The summed E-state index contributed by atoms with van der Waals surface area (Å²) in [5, 5.41) is 3.19. The molecular weight excluding hydrogens is 319 g/mol. The molecule has 1 N–H and O–H groups in total. The monoisotopic (exact) mass is 342 g/mol. The molecule has 0 amide bonds. The fourth-order valence-electron chi connectivity index (χ4n) is 3.89. The van der Waals surface area contributed by atoms with E-state index in [9.17, 15) is 4.39 Å². The Labute approximate surface area is 147 Å². The molecule has 2 fully saturated rings. The summed E-state index contributed by atoms with van der Waals surface area (Å²) in [4.78, 5) is 11.1. The van der Waals surface area contributed by atoms with Gasteiger partial charge in [0.1, 0.15) is 0 Å². The first-order valence-corrected chi connectivity index (χ1v) is 8.78. The highest BCUT2D eigenvalue weighted by molar-refractivity contribution is 5.37. The molecule has 0 radical (unpaired) electrons. The van der Waals surface area contributed by atoms with E-state index in [1.807, 2.05) is 13.0 Å². The Balaban J connectivity index is 1.36. The normalized spacial score (nSPS) is 26.4. The molecule has 1 spiro atoms. The minimum absolute atomic E-state index is 0.0986. The van der Waals surface area contributed by atoms with Gasteiger partial charge in [-0.1, -0.05) is 6.07 Å². The van der Waals surface area contributed by atoms with Crippen molar-refractivity contribution in [3.63, 3.8) is 0 Å². The standard InChI is InChI=1S/C19H23FN4O/c1-14-4-2-5-15(22-14)11-24-9-7-19(13-24)10-16(12-25-19)23-18-17(20)6-3-8-21-18/h2-6,8,16H,7,9-13H2,1H3,(H,21,23). The number of anilines is 1. The van der Waals surface area contributed by atoms with Crippen molar-refractivity contribution in [1.82, 2.24) is 14.9 Å². The average Bonchev–Trinajstić information content (AvgIpc) is 3.16. The first-order chi connectivity index (χ1) is 12.1. The summed E-state index contributed by atoms with van der Waals surface area (Å²) in [6.45, 7) is 5.35. The lowest BCUT2D eigenvalue weighted by atomic mass is 9.97. The van der Waals surface area contributed by atoms with Crippen LogP contribution in [0.3, 0.4) is 0 Å². The van der Waals surface area contributed by atoms with E-state index >= 15 is 0 Å². The lowest BCUT2D eigenvalue weighted by Crippen LogP contribution is -2.33. The largest absolute Gasteiger partial charge is 0.371 e. The highest BCUT2D eigenvalue weighted by Gasteiger charge is 2.45. The summed E-state index contributed by atoms with van der Waals surface area (Å²) in [7, 11) is 0. The third-order valence-corrected chi connectivity index (χ3v) is 5.04. The molecule has 2 atom stereocenters. The van der Waals surface area contributed by atoms with Crippen LogP contribution in [0.2, 0.25) is 0 Å². The number of hydrogen-bond donors (Lipinski definition) is 1. The fourth-order valence-corrected chi connectivity index (χ4v) is 3.89. The van der Waals surface area contributed by atoms with Crippen LogP contribution in [0.5, 0.6) is 0 Å². The van der Waals surface area contributed by atoms with Gasteiger partial charge in [0.25, 0.3) is 0 Å². The fraction of sp³-hybridized carbons (Fsp3) is 0.474. The van der Waals surface area contributed by atoms with Gasteiger partial charge in [-0.15, -0.1) is 0 Å². The maximum Gasteiger partial charge on any atom is 0.165 e. The molecule has 0 bridgehead atoms. The van der Waals surface area contributed by atoms with E-state index < -0.39 is 0 Å². The number of likely N-dealkylation sites (tertiary alicyclic amines) is 1. The molecule has 6 heteroatoms. The van der Waals surface area contributed by atoms with E-state index in [4.69, 9.17) is 4.74 Å². The number of hydrogen-bond acceptors (Lipinski definition) is 5. The Morgan fingerprint density at radius 3 is 3.12 bits per heavy atom. The van der Waals surface area contributed by atoms with Crippen LogP contribution >= 0.6 is 0 Å². The van der Waals surface area contributed by atoms with E-state index in [0.29, 0.717) is 12.4 Å². The smallest absolute Gasteiger partial charge is 0.165 e. The van der Waals surface area contributed by atoms with Crippen LogP contribution in [0.1, 0.15) is 24.2 Å². The lowest BCUT2D eigenvalue weighted by molar-refractivity contribution is 0.0119.